The SMILES string of the molecule is COC(=O)C(OC(=O)/C=C/c1cnn(C)c1)c1cccc(Cl)c1. The van der Waals surface area contributed by atoms with Crippen molar-refractivity contribution in [1.82, 2.24) is 9.78 Å². The number of aryl methyl sites for hydroxylation is 1. The summed E-state index contributed by atoms with van der Waals surface area (Å²) in [6.07, 6.45) is 4.92. The first kappa shape index (κ1) is 16.8. The average molecular weight is 335 g/mol. The normalized spacial score (nSPS) is 12.1. The van der Waals surface area contributed by atoms with Gasteiger partial charge in [0.25, 0.3) is 0 Å². The number of hydrogen-bond acceptors (Lipinski definition) is 5. The largest absolute Gasteiger partial charge is 0.466 e. The summed E-state index contributed by atoms with van der Waals surface area (Å²) in [7, 11) is 2.99. The summed E-state index contributed by atoms with van der Waals surface area (Å²) < 4.78 is 11.5. The van der Waals surface area contributed by atoms with Crippen molar-refractivity contribution in [3.05, 3.63) is 58.9 Å². The van der Waals surface area contributed by atoms with Crippen molar-refractivity contribution in [2.24, 2.45) is 7.05 Å². The zero-order valence-corrected chi connectivity index (χ0v) is 13.4. The molecule has 0 radical (unpaired) electrons. The highest BCUT2D eigenvalue weighted by atomic mass is 35.5. The molecule has 23 heavy (non-hydrogen) atoms. The fourth-order valence-electron chi connectivity index (χ4n) is 1.87. The predicted octanol–water partition coefficient (Wildman–Crippen LogP) is 2.54. The van der Waals surface area contributed by atoms with E-state index in [1.165, 1.54) is 13.2 Å². The fraction of sp³-hybridized carbons (Fsp3) is 0.188. The van der Waals surface area contributed by atoms with Gasteiger partial charge in [0.2, 0.25) is 6.10 Å². The first-order valence-electron chi connectivity index (χ1n) is 6.70. The van der Waals surface area contributed by atoms with Crippen molar-refractivity contribution in [1.29, 1.82) is 0 Å². The maximum absolute atomic E-state index is 11.9. The monoisotopic (exact) mass is 334 g/mol. The van der Waals surface area contributed by atoms with Crippen LogP contribution in [0.3, 0.4) is 0 Å². The molecule has 120 valence electrons. The van der Waals surface area contributed by atoms with Gasteiger partial charge in [0.1, 0.15) is 0 Å². The van der Waals surface area contributed by atoms with Crippen molar-refractivity contribution in [2.45, 2.75) is 6.10 Å². The van der Waals surface area contributed by atoms with E-state index in [4.69, 9.17) is 16.3 Å². The van der Waals surface area contributed by atoms with Gasteiger partial charge in [-0.1, -0.05) is 23.7 Å². The van der Waals surface area contributed by atoms with Crippen molar-refractivity contribution in [3.8, 4) is 0 Å². The van der Waals surface area contributed by atoms with Gasteiger partial charge >= 0.3 is 11.9 Å². The molecular weight excluding hydrogens is 320 g/mol. The Morgan fingerprint density at radius 3 is 2.78 bits per heavy atom. The Kier molecular flexibility index (Phi) is 5.54. The third-order valence-electron chi connectivity index (χ3n) is 2.94. The summed E-state index contributed by atoms with van der Waals surface area (Å²) in [6.45, 7) is 0. The molecule has 0 aliphatic rings. The number of methoxy groups -OCH3 is 1. The second-order valence-electron chi connectivity index (χ2n) is 4.68. The van der Waals surface area contributed by atoms with Gasteiger partial charge < -0.3 is 9.47 Å². The standard InChI is InChI=1S/C16H15ClN2O4/c1-19-10-11(9-18-19)6-7-14(20)23-15(16(21)22-2)12-4-3-5-13(17)8-12/h3-10,15H,1-2H3/b7-6+. The zero-order valence-electron chi connectivity index (χ0n) is 12.6. The third kappa shape index (κ3) is 4.69. The van der Waals surface area contributed by atoms with E-state index in [-0.39, 0.29) is 0 Å². The van der Waals surface area contributed by atoms with Crippen LogP contribution in [0.5, 0.6) is 0 Å². The minimum Gasteiger partial charge on any atom is -0.466 e. The minimum atomic E-state index is -1.18. The Morgan fingerprint density at radius 1 is 1.39 bits per heavy atom. The van der Waals surface area contributed by atoms with E-state index in [1.54, 1.807) is 54.5 Å². The van der Waals surface area contributed by atoms with Crippen LogP contribution >= 0.6 is 11.6 Å². The molecule has 0 aliphatic heterocycles. The van der Waals surface area contributed by atoms with Crippen LogP contribution in [0, 0.1) is 0 Å². The quantitative estimate of drug-likeness (QED) is 0.620. The molecule has 1 atom stereocenters. The van der Waals surface area contributed by atoms with E-state index in [9.17, 15) is 9.59 Å². The zero-order chi connectivity index (χ0) is 16.8. The molecule has 0 aliphatic carbocycles. The molecule has 2 rings (SSSR count). The van der Waals surface area contributed by atoms with E-state index in [1.807, 2.05) is 0 Å². The van der Waals surface area contributed by atoms with E-state index >= 15 is 0 Å². The third-order valence-corrected chi connectivity index (χ3v) is 3.17. The van der Waals surface area contributed by atoms with Crippen LogP contribution in [0.25, 0.3) is 6.08 Å². The van der Waals surface area contributed by atoms with E-state index in [2.05, 4.69) is 9.84 Å². The summed E-state index contributed by atoms with van der Waals surface area (Å²) in [5, 5.41) is 4.41. The Hall–Kier alpha value is -2.60. The lowest BCUT2D eigenvalue weighted by Gasteiger charge is -2.15. The smallest absolute Gasteiger partial charge is 0.351 e. The summed E-state index contributed by atoms with van der Waals surface area (Å²) in [5.74, 6) is -1.36. The first-order valence-corrected chi connectivity index (χ1v) is 7.08. The lowest BCUT2D eigenvalue weighted by Crippen LogP contribution is -2.20. The molecule has 0 N–H and O–H groups in total. The number of esters is 2. The molecule has 1 heterocycles. The molecular formula is C16H15ClN2O4. The Balaban J connectivity index is 2.13. The number of nitrogens with zero attached hydrogens (tertiary/aromatic N) is 2. The molecule has 1 aromatic carbocycles. The topological polar surface area (TPSA) is 70.4 Å². The number of benzene rings is 1. The second-order valence-corrected chi connectivity index (χ2v) is 5.11. The summed E-state index contributed by atoms with van der Waals surface area (Å²) >= 11 is 5.90. The van der Waals surface area contributed by atoms with Gasteiger partial charge in [0, 0.05) is 35.5 Å². The molecule has 0 fully saturated rings. The number of hydrogen-bond donors (Lipinski definition) is 0. The fourth-order valence-corrected chi connectivity index (χ4v) is 2.07. The van der Waals surface area contributed by atoms with Crippen LogP contribution in [0.15, 0.2) is 42.7 Å². The predicted molar refractivity (Wildman–Crippen MR) is 84.5 cm³/mol. The molecule has 7 heteroatoms. The lowest BCUT2D eigenvalue weighted by molar-refractivity contribution is -0.163. The van der Waals surface area contributed by atoms with Gasteiger partial charge in [0.15, 0.2) is 0 Å². The van der Waals surface area contributed by atoms with Crippen LogP contribution < -0.4 is 0 Å². The van der Waals surface area contributed by atoms with Crippen molar-refractivity contribution < 1.29 is 19.1 Å². The van der Waals surface area contributed by atoms with Gasteiger partial charge in [-0.15, -0.1) is 0 Å². The van der Waals surface area contributed by atoms with E-state index in [0.717, 1.165) is 5.56 Å². The molecule has 0 bridgehead atoms. The number of rotatable bonds is 5. The summed E-state index contributed by atoms with van der Waals surface area (Å²) in [5.41, 5.74) is 1.18. The minimum absolute atomic E-state index is 0.429. The van der Waals surface area contributed by atoms with Gasteiger partial charge in [-0.3, -0.25) is 4.68 Å². The molecule has 0 saturated heterocycles. The lowest BCUT2D eigenvalue weighted by atomic mass is 10.1. The highest BCUT2D eigenvalue weighted by molar-refractivity contribution is 6.30. The van der Waals surface area contributed by atoms with Gasteiger partial charge in [0.05, 0.1) is 13.3 Å². The Labute approximate surface area is 138 Å². The summed E-state index contributed by atoms with van der Waals surface area (Å²) in [6, 6.07) is 6.49. The van der Waals surface area contributed by atoms with Crippen LogP contribution in [-0.2, 0) is 26.1 Å². The van der Waals surface area contributed by atoms with Gasteiger partial charge in [-0.05, 0) is 18.2 Å². The molecule has 2 aromatic rings. The summed E-state index contributed by atoms with van der Waals surface area (Å²) in [4.78, 5) is 23.8. The number of halogens is 1. The Bertz CT molecular complexity index is 739. The first-order chi connectivity index (χ1) is 11.0. The highest BCUT2D eigenvalue weighted by Gasteiger charge is 2.25. The van der Waals surface area contributed by atoms with E-state index < -0.39 is 18.0 Å². The number of carbonyl (C=O) groups is 2. The number of aromatic nitrogens is 2. The van der Waals surface area contributed by atoms with Crippen LogP contribution in [-0.4, -0.2) is 28.8 Å². The highest BCUT2D eigenvalue weighted by Crippen LogP contribution is 2.22. The maximum Gasteiger partial charge on any atom is 0.351 e. The molecule has 1 unspecified atom stereocenters. The second kappa shape index (κ2) is 7.60. The molecule has 1 aromatic heterocycles. The van der Waals surface area contributed by atoms with Crippen molar-refractivity contribution in [2.75, 3.05) is 7.11 Å². The van der Waals surface area contributed by atoms with Crippen molar-refractivity contribution in [3.63, 3.8) is 0 Å². The van der Waals surface area contributed by atoms with Crippen LogP contribution in [0.4, 0.5) is 0 Å². The number of ether oxygens (including phenoxy) is 2. The average Bonchev–Trinajstić information content (AvgIpc) is 2.95. The number of carbonyl (C=O) groups excluding carboxylic acids is 2. The van der Waals surface area contributed by atoms with Gasteiger partial charge in [-0.2, -0.15) is 5.10 Å². The molecule has 6 nitrogen and oxygen atoms in total. The molecule has 0 saturated carbocycles. The Morgan fingerprint density at radius 2 is 2.17 bits per heavy atom. The van der Waals surface area contributed by atoms with E-state index in [0.29, 0.717) is 10.6 Å². The van der Waals surface area contributed by atoms with Crippen LogP contribution in [0.2, 0.25) is 5.02 Å². The molecule has 0 amide bonds. The maximum atomic E-state index is 11.9. The van der Waals surface area contributed by atoms with Crippen molar-refractivity contribution >= 4 is 29.6 Å². The molecule has 0 spiro atoms. The van der Waals surface area contributed by atoms with Crippen LogP contribution in [0.1, 0.15) is 17.2 Å². The van der Waals surface area contributed by atoms with Gasteiger partial charge in [-0.25, -0.2) is 9.59 Å².